The topological polar surface area (TPSA) is 26.6 Å². The first-order chi connectivity index (χ1) is 9.24. The van der Waals surface area contributed by atoms with Crippen LogP contribution in [0.1, 0.15) is 11.4 Å². The number of hydrogen-bond acceptors (Lipinski definition) is 1. The lowest BCUT2D eigenvalue weighted by molar-refractivity contribution is -0.744. The molecule has 1 aromatic carbocycles. The molecule has 2 aromatic heterocycles. The summed E-state index contributed by atoms with van der Waals surface area (Å²) in [6, 6.07) is 6.44. The predicted octanol–water partition coefficient (Wildman–Crippen LogP) is 1.99. The fraction of sp³-hybridized carbons (Fsp3) is 0.200. The first-order valence-corrected chi connectivity index (χ1v) is 6.46. The molecule has 19 heavy (non-hydrogen) atoms. The number of aromatic nitrogens is 4. The highest BCUT2D eigenvalue weighted by atomic mass is 15.4. The third-order valence-electron chi connectivity index (χ3n) is 3.75. The van der Waals surface area contributed by atoms with Crippen molar-refractivity contribution in [1.82, 2.24) is 14.2 Å². The van der Waals surface area contributed by atoms with Crippen molar-refractivity contribution in [1.29, 1.82) is 0 Å². The van der Waals surface area contributed by atoms with Gasteiger partial charge in [-0.15, -0.1) is 9.36 Å². The standard InChI is InChI=1S/C15H15N4/c1-11-9-12-14(18-7-3-5-15(18)16-12)10-13(11)19-8-4-6-17(19)2/h3-4,6-10H,5H2,1-2H3/q+1. The molecule has 0 saturated heterocycles. The molecule has 94 valence electrons. The maximum atomic E-state index is 4.68. The molecule has 0 bridgehead atoms. The van der Waals surface area contributed by atoms with Crippen LogP contribution < -0.4 is 4.68 Å². The summed E-state index contributed by atoms with van der Waals surface area (Å²) in [6.45, 7) is 2.13. The Morgan fingerprint density at radius 3 is 3.00 bits per heavy atom. The molecule has 0 aliphatic carbocycles. The molecule has 0 amide bonds. The van der Waals surface area contributed by atoms with Crippen LogP contribution in [0.25, 0.3) is 22.9 Å². The molecule has 0 saturated carbocycles. The van der Waals surface area contributed by atoms with Crippen molar-refractivity contribution >= 4 is 17.2 Å². The molecule has 0 unspecified atom stereocenters. The van der Waals surface area contributed by atoms with Gasteiger partial charge in [0.2, 0.25) is 0 Å². The third kappa shape index (κ3) is 1.40. The minimum atomic E-state index is 0.931. The van der Waals surface area contributed by atoms with E-state index in [1.165, 1.54) is 16.8 Å². The van der Waals surface area contributed by atoms with Crippen molar-refractivity contribution in [2.45, 2.75) is 13.3 Å². The SMILES string of the molecule is Cc1cc2nc3n(c2cc1-n1ccc[n+]1C)C=CC3. The summed E-state index contributed by atoms with van der Waals surface area (Å²) in [4.78, 5) is 4.68. The number of hydrogen-bond donors (Lipinski definition) is 0. The quantitative estimate of drug-likeness (QED) is 0.607. The molecule has 1 aliphatic heterocycles. The summed E-state index contributed by atoms with van der Waals surface area (Å²) < 4.78 is 6.40. The summed E-state index contributed by atoms with van der Waals surface area (Å²) in [5.41, 5.74) is 4.69. The van der Waals surface area contributed by atoms with E-state index in [1.54, 1.807) is 0 Å². The Kier molecular flexibility index (Phi) is 1.98. The summed E-state index contributed by atoms with van der Waals surface area (Å²) in [5, 5.41) is 0. The Morgan fingerprint density at radius 1 is 1.32 bits per heavy atom. The van der Waals surface area contributed by atoms with Crippen LogP contribution in [0.5, 0.6) is 0 Å². The number of nitrogens with zero attached hydrogens (tertiary/aromatic N) is 4. The van der Waals surface area contributed by atoms with E-state index in [9.17, 15) is 0 Å². The lowest BCUT2D eigenvalue weighted by Gasteiger charge is -2.05. The fourth-order valence-electron chi connectivity index (χ4n) is 2.78. The lowest BCUT2D eigenvalue weighted by Crippen LogP contribution is -2.36. The maximum Gasteiger partial charge on any atom is 0.195 e. The van der Waals surface area contributed by atoms with Crippen molar-refractivity contribution in [3.8, 4) is 5.69 Å². The average molecular weight is 251 g/mol. The molecule has 4 heteroatoms. The number of imidazole rings is 1. The van der Waals surface area contributed by atoms with Crippen molar-refractivity contribution in [3.05, 3.63) is 48.1 Å². The first kappa shape index (κ1) is 10.6. The fourth-order valence-corrected chi connectivity index (χ4v) is 2.78. The van der Waals surface area contributed by atoms with E-state index in [0.717, 1.165) is 17.8 Å². The van der Waals surface area contributed by atoms with Gasteiger partial charge in [0.05, 0.1) is 17.2 Å². The van der Waals surface area contributed by atoms with Crippen LogP contribution >= 0.6 is 0 Å². The zero-order chi connectivity index (χ0) is 13.0. The highest BCUT2D eigenvalue weighted by Gasteiger charge is 2.16. The molecule has 3 aromatic rings. The van der Waals surface area contributed by atoms with Gasteiger partial charge in [-0.05, 0) is 24.6 Å². The number of aryl methyl sites for hydroxylation is 2. The van der Waals surface area contributed by atoms with Gasteiger partial charge < -0.3 is 4.57 Å². The van der Waals surface area contributed by atoms with E-state index in [2.05, 4.69) is 56.4 Å². The molecule has 0 N–H and O–H groups in total. The summed E-state index contributed by atoms with van der Waals surface area (Å²) in [5.74, 6) is 1.13. The second-order valence-corrected chi connectivity index (χ2v) is 5.02. The van der Waals surface area contributed by atoms with Crippen LogP contribution in [0.3, 0.4) is 0 Å². The zero-order valence-corrected chi connectivity index (χ0v) is 11.0. The van der Waals surface area contributed by atoms with Crippen LogP contribution in [0.2, 0.25) is 0 Å². The molecule has 0 atom stereocenters. The molecule has 0 radical (unpaired) electrons. The van der Waals surface area contributed by atoms with Crippen molar-refractivity contribution < 1.29 is 4.68 Å². The number of rotatable bonds is 1. The minimum absolute atomic E-state index is 0.931. The summed E-state index contributed by atoms with van der Waals surface area (Å²) in [7, 11) is 2.05. The Bertz CT molecular complexity index is 820. The molecule has 1 aliphatic rings. The van der Waals surface area contributed by atoms with Gasteiger partial charge in [0.1, 0.15) is 11.5 Å². The molecule has 4 rings (SSSR count). The Morgan fingerprint density at radius 2 is 2.21 bits per heavy atom. The van der Waals surface area contributed by atoms with Crippen LogP contribution in [-0.2, 0) is 13.5 Å². The van der Waals surface area contributed by atoms with E-state index in [1.807, 2.05) is 19.3 Å². The minimum Gasteiger partial charge on any atom is -0.303 e. The molecular weight excluding hydrogens is 236 g/mol. The Hall–Kier alpha value is -2.36. The third-order valence-corrected chi connectivity index (χ3v) is 3.75. The molecule has 4 nitrogen and oxygen atoms in total. The van der Waals surface area contributed by atoms with Gasteiger partial charge in [-0.1, -0.05) is 6.08 Å². The van der Waals surface area contributed by atoms with Crippen molar-refractivity contribution in [2.75, 3.05) is 0 Å². The van der Waals surface area contributed by atoms with Crippen molar-refractivity contribution in [2.24, 2.45) is 7.05 Å². The Balaban J connectivity index is 2.04. The van der Waals surface area contributed by atoms with E-state index < -0.39 is 0 Å². The molecule has 0 spiro atoms. The van der Waals surface area contributed by atoms with Gasteiger partial charge in [0, 0.05) is 18.7 Å². The van der Waals surface area contributed by atoms with Gasteiger partial charge in [0.15, 0.2) is 13.2 Å². The molecule has 3 heterocycles. The number of allylic oxidation sites excluding steroid dienone is 1. The Labute approximate surface area is 111 Å². The summed E-state index contributed by atoms with van der Waals surface area (Å²) in [6.07, 6.45) is 9.31. The second-order valence-electron chi connectivity index (χ2n) is 5.02. The maximum absolute atomic E-state index is 4.68. The predicted molar refractivity (Wildman–Crippen MR) is 74.0 cm³/mol. The molecular formula is C15H15N4+. The number of benzene rings is 1. The van der Waals surface area contributed by atoms with Crippen LogP contribution in [0.4, 0.5) is 0 Å². The van der Waals surface area contributed by atoms with Gasteiger partial charge in [0.25, 0.3) is 0 Å². The monoisotopic (exact) mass is 251 g/mol. The molecule has 0 fully saturated rings. The van der Waals surface area contributed by atoms with E-state index in [0.29, 0.717) is 0 Å². The second kappa shape index (κ2) is 3.57. The number of fused-ring (bicyclic) bond motifs is 3. The van der Waals surface area contributed by atoms with Gasteiger partial charge >= 0.3 is 0 Å². The van der Waals surface area contributed by atoms with Gasteiger partial charge in [-0.3, -0.25) is 0 Å². The van der Waals surface area contributed by atoms with E-state index in [-0.39, 0.29) is 0 Å². The highest BCUT2D eigenvalue weighted by molar-refractivity contribution is 5.82. The normalized spacial score (nSPS) is 13.4. The highest BCUT2D eigenvalue weighted by Crippen LogP contribution is 2.25. The van der Waals surface area contributed by atoms with E-state index >= 15 is 0 Å². The average Bonchev–Trinajstić information content (AvgIpc) is 3.04. The van der Waals surface area contributed by atoms with Crippen LogP contribution in [0, 0.1) is 6.92 Å². The van der Waals surface area contributed by atoms with Crippen LogP contribution in [0.15, 0.2) is 36.7 Å². The smallest absolute Gasteiger partial charge is 0.195 e. The van der Waals surface area contributed by atoms with Crippen LogP contribution in [-0.4, -0.2) is 14.2 Å². The van der Waals surface area contributed by atoms with E-state index in [4.69, 9.17) is 0 Å². The summed E-state index contributed by atoms with van der Waals surface area (Å²) >= 11 is 0. The van der Waals surface area contributed by atoms with Crippen molar-refractivity contribution in [3.63, 3.8) is 0 Å². The van der Waals surface area contributed by atoms with Gasteiger partial charge in [-0.25, -0.2) is 4.98 Å². The van der Waals surface area contributed by atoms with Gasteiger partial charge in [-0.2, -0.15) is 0 Å². The largest absolute Gasteiger partial charge is 0.303 e. The lowest BCUT2D eigenvalue weighted by atomic mass is 10.1. The first-order valence-electron chi connectivity index (χ1n) is 6.46. The zero-order valence-electron chi connectivity index (χ0n) is 11.0.